The summed E-state index contributed by atoms with van der Waals surface area (Å²) < 4.78 is 31.1. The highest BCUT2D eigenvalue weighted by molar-refractivity contribution is 7.81. The van der Waals surface area contributed by atoms with Crippen LogP contribution in [0, 0.1) is 24.1 Å². The number of aryl methyl sites for hydroxylation is 1. The first-order valence-corrected chi connectivity index (χ1v) is 14.6. The molecule has 3 aromatic rings. The van der Waals surface area contributed by atoms with E-state index in [1.54, 1.807) is 26.3 Å². The molecule has 1 aromatic carbocycles. The van der Waals surface area contributed by atoms with E-state index in [0.29, 0.717) is 28.4 Å². The molecule has 1 aliphatic rings. The number of piperidine rings is 1. The first-order chi connectivity index (χ1) is 17.9. The second kappa shape index (κ2) is 11.9. The minimum absolute atomic E-state index is 0.113. The van der Waals surface area contributed by atoms with Crippen LogP contribution < -0.4 is 5.32 Å². The molecule has 0 bridgehead atoms. The Morgan fingerprint density at radius 1 is 1.26 bits per heavy atom. The number of nitriles is 1. The van der Waals surface area contributed by atoms with Crippen molar-refractivity contribution in [3.8, 4) is 17.3 Å². The fourth-order valence-electron chi connectivity index (χ4n) is 5.02. The zero-order valence-corrected chi connectivity index (χ0v) is 24.4. The lowest BCUT2D eigenvalue weighted by Gasteiger charge is -2.30. The Hall–Kier alpha value is -2.87. The highest BCUT2D eigenvalue weighted by Gasteiger charge is 2.31. The summed E-state index contributed by atoms with van der Waals surface area (Å²) in [6.45, 7) is 14.4. The average molecular weight is 543 g/mol. The molecule has 0 aliphatic carbocycles. The molecule has 0 radical (unpaired) electrons. The van der Waals surface area contributed by atoms with E-state index in [1.807, 2.05) is 49.6 Å². The molecule has 10 heteroatoms. The molecule has 1 aliphatic heterocycles. The molecule has 0 saturated carbocycles. The van der Waals surface area contributed by atoms with Crippen molar-refractivity contribution in [2.24, 2.45) is 0 Å². The fourth-order valence-corrected chi connectivity index (χ4v) is 5.74. The molecule has 206 valence electrons. The summed E-state index contributed by atoms with van der Waals surface area (Å²) in [6.07, 6.45) is 5.06. The van der Waals surface area contributed by atoms with Crippen molar-refractivity contribution in [3.63, 3.8) is 0 Å². The van der Waals surface area contributed by atoms with Gasteiger partial charge < -0.3 is 15.0 Å². The largest absolute Gasteiger partial charge is 0.384 e. The van der Waals surface area contributed by atoms with Crippen LogP contribution in [0.25, 0.3) is 22.2 Å². The number of nitrogens with one attached hydrogen (secondary N) is 1. The lowest BCUT2D eigenvalue weighted by molar-refractivity contribution is 0.0688. The van der Waals surface area contributed by atoms with E-state index < -0.39 is 22.4 Å². The molecule has 1 atom stereocenters. The van der Waals surface area contributed by atoms with Crippen LogP contribution >= 0.6 is 0 Å². The van der Waals surface area contributed by atoms with Gasteiger partial charge in [-0.05, 0) is 65.2 Å². The molecular weight excluding hydrogens is 503 g/mol. The van der Waals surface area contributed by atoms with Gasteiger partial charge in [-0.2, -0.15) is 5.26 Å². The third-order valence-corrected chi connectivity index (χ3v) is 7.75. The standard InChI is InChI=1S/C26H33FN6O2S.C2H6/c1-15(2)33-21-12-17(11-20(27)22(21)19(13-28)24(33)26(4,5)34)23-16(3)14-29-25(31-23)30-18-7-9-32(10-8-18)36(6)35;1-2/h11-12,14-15,18,34H,7-10H2,1-6H3,(H,29,30,31);1-2H3. The fraction of sp³-hybridized carbons (Fsp3) is 0.536. The summed E-state index contributed by atoms with van der Waals surface area (Å²) in [5.41, 5.74) is 1.72. The molecule has 38 heavy (non-hydrogen) atoms. The lowest BCUT2D eigenvalue weighted by Crippen LogP contribution is -2.39. The van der Waals surface area contributed by atoms with Gasteiger partial charge in [0.15, 0.2) is 0 Å². The molecule has 1 fully saturated rings. The molecule has 2 aromatic heterocycles. The van der Waals surface area contributed by atoms with E-state index in [1.165, 1.54) is 6.07 Å². The maximum atomic E-state index is 15.6. The Bertz CT molecular complexity index is 1360. The first kappa shape index (κ1) is 29.7. The third kappa shape index (κ3) is 5.90. The van der Waals surface area contributed by atoms with Crippen molar-refractivity contribution in [2.75, 3.05) is 24.7 Å². The zero-order valence-electron chi connectivity index (χ0n) is 23.6. The highest BCUT2D eigenvalue weighted by Crippen LogP contribution is 2.39. The second-order valence-electron chi connectivity index (χ2n) is 10.2. The number of hydrogen-bond donors (Lipinski definition) is 2. The minimum Gasteiger partial charge on any atom is -0.384 e. The molecule has 8 nitrogen and oxygen atoms in total. The molecular formula is C28H39FN6O2S. The van der Waals surface area contributed by atoms with Crippen molar-refractivity contribution in [1.82, 2.24) is 18.8 Å². The summed E-state index contributed by atoms with van der Waals surface area (Å²) >= 11 is 0. The third-order valence-electron chi connectivity index (χ3n) is 6.66. The number of anilines is 1. The molecule has 1 saturated heterocycles. The van der Waals surface area contributed by atoms with Crippen LogP contribution in [0.4, 0.5) is 10.3 Å². The van der Waals surface area contributed by atoms with Gasteiger partial charge >= 0.3 is 0 Å². The van der Waals surface area contributed by atoms with Crippen LogP contribution in [0.5, 0.6) is 0 Å². The van der Waals surface area contributed by atoms with Gasteiger partial charge in [0.25, 0.3) is 0 Å². The van der Waals surface area contributed by atoms with Gasteiger partial charge in [-0.3, -0.25) is 0 Å². The number of aliphatic hydroxyl groups is 1. The quantitative estimate of drug-likeness (QED) is 0.431. The van der Waals surface area contributed by atoms with E-state index in [9.17, 15) is 14.6 Å². The van der Waals surface area contributed by atoms with Gasteiger partial charge in [0.2, 0.25) is 5.95 Å². The zero-order chi connectivity index (χ0) is 28.4. The Balaban J connectivity index is 0.00000195. The highest BCUT2D eigenvalue weighted by atomic mass is 32.2. The van der Waals surface area contributed by atoms with Gasteiger partial charge in [-0.25, -0.2) is 22.9 Å². The van der Waals surface area contributed by atoms with Crippen LogP contribution in [0.1, 0.15) is 77.2 Å². The smallest absolute Gasteiger partial charge is 0.223 e. The van der Waals surface area contributed by atoms with Crippen LogP contribution in [0.3, 0.4) is 0 Å². The summed E-state index contributed by atoms with van der Waals surface area (Å²) in [5.74, 6) is -0.0716. The summed E-state index contributed by atoms with van der Waals surface area (Å²) in [5, 5.41) is 24.3. The number of fused-ring (bicyclic) bond motifs is 1. The number of nitrogens with zero attached hydrogens (tertiary/aromatic N) is 5. The number of benzene rings is 1. The van der Waals surface area contributed by atoms with Crippen molar-refractivity contribution in [1.29, 1.82) is 5.26 Å². The Morgan fingerprint density at radius 2 is 1.89 bits per heavy atom. The van der Waals surface area contributed by atoms with E-state index in [4.69, 9.17) is 4.98 Å². The number of halogens is 1. The molecule has 2 N–H and O–H groups in total. The molecule has 3 heterocycles. The summed E-state index contributed by atoms with van der Waals surface area (Å²) in [6, 6.07) is 5.40. The monoisotopic (exact) mass is 542 g/mol. The molecule has 1 unspecified atom stereocenters. The molecule has 4 rings (SSSR count). The van der Waals surface area contributed by atoms with E-state index >= 15 is 4.39 Å². The predicted molar refractivity (Wildman–Crippen MR) is 152 cm³/mol. The minimum atomic E-state index is -1.33. The summed E-state index contributed by atoms with van der Waals surface area (Å²) in [4.78, 5) is 9.16. The second-order valence-corrected chi connectivity index (χ2v) is 11.6. The van der Waals surface area contributed by atoms with Crippen molar-refractivity contribution in [3.05, 3.63) is 41.0 Å². The Morgan fingerprint density at radius 3 is 2.42 bits per heavy atom. The predicted octanol–water partition coefficient (Wildman–Crippen LogP) is 5.42. The number of rotatable bonds is 6. The normalized spacial score (nSPS) is 15.7. The summed E-state index contributed by atoms with van der Waals surface area (Å²) in [7, 11) is -0.970. The Kier molecular flexibility index (Phi) is 9.29. The van der Waals surface area contributed by atoms with Crippen molar-refractivity contribution >= 4 is 27.8 Å². The average Bonchev–Trinajstić information content (AvgIpc) is 3.22. The van der Waals surface area contributed by atoms with Crippen LogP contribution in [0.15, 0.2) is 18.3 Å². The Labute approximate surface area is 227 Å². The van der Waals surface area contributed by atoms with Crippen molar-refractivity contribution in [2.45, 2.75) is 79.0 Å². The SMILES string of the molecule is CC.Cc1cnc(NC2CCN(S(C)=O)CC2)nc1-c1cc(F)c2c(C#N)c(C(C)(C)O)n(C(C)C)c2c1. The maximum absolute atomic E-state index is 15.6. The van der Waals surface area contributed by atoms with Gasteiger partial charge in [0, 0.05) is 43.2 Å². The van der Waals surface area contributed by atoms with Crippen LogP contribution in [0.2, 0.25) is 0 Å². The van der Waals surface area contributed by atoms with E-state index in [-0.39, 0.29) is 23.0 Å². The van der Waals surface area contributed by atoms with Gasteiger partial charge in [0.1, 0.15) is 17.5 Å². The molecule has 0 amide bonds. The van der Waals surface area contributed by atoms with Gasteiger partial charge in [-0.15, -0.1) is 0 Å². The van der Waals surface area contributed by atoms with Crippen molar-refractivity contribution < 1.29 is 13.7 Å². The first-order valence-electron chi connectivity index (χ1n) is 13.1. The topological polar surface area (TPSA) is 107 Å². The molecule has 0 spiro atoms. The maximum Gasteiger partial charge on any atom is 0.223 e. The van der Waals surface area contributed by atoms with Crippen LogP contribution in [-0.4, -0.2) is 53.5 Å². The number of aromatic nitrogens is 3. The lowest BCUT2D eigenvalue weighted by atomic mass is 9.99. The van der Waals surface area contributed by atoms with E-state index in [2.05, 4.69) is 16.4 Å². The van der Waals surface area contributed by atoms with Gasteiger partial charge in [-0.1, -0.05) is 13.8 Å². The van der Waals surface area contributed by atoms with Gasteiger partial charge in [0.05, 0.1) is 38.8 Å². The van der Waals surface area contributed by atoms with Crippen LogP contribution in [-0.2, 0) is 16.6 Å². The van der Waals surface area contributed by atoms with E-state index in [0.717, 1.165) is 31.5 Å². The number of hydrogen-bond acceptors (Lipinski definition) is 6.